The minimum atomic E-state index is -0.997. The van der Waals surface area contributed by atoms with Crippen molar-refractivity contribution >= 4 is 17.8 Å². The molecule has 0 radical (unpaired) electrons. The van der Waals surface area contributed by atoms with Gasteiger partial charge in [0.15, 0.2) is 0 Å². The molecule has 0 bridgehead atoms. The van der Waals surface area contributed by atoms with Crippen LogP contribution in [0.4, 0.5) is 0 Å². The SMILES string of the molecule is CN(C(=O)c1cccc(C(N)=O)c1)C1COCC1C(=O)O. The molecule has 1 aromatic rings. The number of hydrogen-bond donors (Lipinski definition) is 2. The Morgan fingerprint density at radius 1 is 1.29 bits per heavy atom. The molecule has 0 spiro atoms. The Morgan fingerprint density at radius 3 is 2.57 bits per heavy atom. The molecule has 1 heterocycles. The average Bonchev–Trinajstić information content (AvgIpc) is 2.95. The first kappa shape index (κ1) is 15.0. The van der Waals surface area contributed by atoms with Crippen LogP contribution in [0.1, 0.15) is 20.7 Å². The lowest BCUT2D eigenvalue weighted by atomic mass is 10.0. The van der Waals surface area contributed by atoms with Gasteiger partial charge in [0.2, 0.25) is 5.91 Å². The number of benzene rings is 1. The first-order valence-corrected chi connectivity index (χ1v) is 6.39. The van der Waals surface area contributed by atoms with Gasteiger partial charge >= 0.3 is 5.97 Å². The van der Waals surface area contributed by atoms with Gasteiger partial charge in [-0.15, -0.1) is 0 Å². The maximum absolute atomic E-state index is 12.4. The molecule has 7 heteroatoms. The van der Waals surface area contributed by atoms with Crippen molar-refractivity contribution in [1.82, 2.24) is 4.90 Å². The van der Waals surface area contributed by atoms with E-state index in [9.17, 15) is 14.4 Å². The van der Waals surface area contributed by atoms with E-state index in [1.165, 1.54) is 24.1 Å². The second-order valence-corrected chi connectivity index (χ2v) is 4.91. The third-order valence-electron chi connectivity index (χ3n) is 3.58. The van der Waals surface area contributed by atoms with Crippen LogP contribution in [0, 0.1) is 5.92 Å². The summed E-state index contributed by atoms with van der Waals surface area (Å²) < 4.78 is 5.15. The van der Waals surface area contributed by atoms with Gasteiger partial charge in [-0.3, -0.25) is 14.4 Å². The Bertz CT molecular complexity index is 586. The predicted octanol–water partition coefficient (Wildman–Crippen LogP) is -0.0429. The first-order chi connectivity index (χ1) is 9.91. The Labute approximate surface area is 121 Å². The monoisotopic (exact) mass is 292 g/mol. The van der Waals surface area contributed by atoms with Crippen LogP contribution < -0.4 is 5.73 Å². The zero-order valence-electron chi connectivity index (χ0n) is 11.5. The number of carbonyl (C=O) groups is 3. The topological polar surface area (TPSA) is 110 Å². The van der Waals surface area contributed by atoms with E-state index in [1.54, 1.807) is 12.1 Å². The molecule has 112 valence electrons. The van der Waals surface area contributed by atoms with Gasteiger partial charge in [0.05, 0.1) is 19.3 Å². The zero-order valence-corrected chi connectivity index (χ0v) is 11.5. The lowest BCUT2D eigenvalue weighted by molar-refractivity contribution is -0.142. The molecule has 0 aromatic heterocycles. The van der Waals surface area contributed by atoms with Crippen LogP contribution in [-0.4, -0.2) is 54.1 Å². The second-order valence-electron chi connectivity index (χ2n) is 4.91. The van der Waals surface area contributed by atoms with E-state index in [1.807, 2.05) is 0 Å². The van der Waals surface area contributed by atoms with Crippen LogP contribution in [-0.2, 0) is 9.53 Å². The molecule has 2 amide bonds. The molecular weight excluding hydrogens is 276 g/mol. The van der Waals surface area contributed by atoms with Crippen LogP contribution in [0.15, 0.2) is 24.3 Å². The first-order valence-electron chi connectivity index (χ1n) is 6.39. The van der Waals surface area contributed by atoms with E-state index >= 15 is 0 Å². The van der Waals surface area contributed by atoms with E-state index in [4.69, 9.17) is 15.6 Å². The number of carboxylic acids is 1. The van der Waals surface area contributed by atoms with E-state index in [0.717, 1.165) is 0 Å². The molecule has 0 saturated carbocycles. The lowest BCUT2D eigenvalue weighted by Gasteiger charge is -2.26. The van der Waals surface area contributed by atoms with Gasteiger partial charge in [0.25, 0.3) is 5.91 Å². The molecule has 0 aliphatic carbocycles. The average molecular weight is 292 g/mol. The Morgan fingerprint density at radius 2 is 1.95 bits per heavy atom. The van der Waals surface area contributed by atoms with Gasteiger partial charge in [-0.2, -0.15) is 0 Å². The van der Waals surface area contributed by atoms with E-state index in [-0.39, 0.29) is 30.2 Å². The van der Waals surface area contributed by atoms with E-state index in [2.05, 4.69) is 0 Å². The predicted molar refractivity (Wildman–Crippen MR) is 72.8 cm³/mol. The van der Waals surface area contributed by atoms with Crippen LogP contribution >= 0.6 is 0 Å². The fourth-order valence-electron chi connectivity index (χ4n) is 2.32. The van der Waals surface area contributed by atoms with Gasteiger partial charge in [-0.25, -0.2) is 0 Å². The largest absolute Gasteiger partial charge is 0.481 e. The van der Waals surface area contributed by atoms with Crippen molar-refractivity contribution < 1.29 is 24.2 Å². The van der Waals surface area contributed by atoms with E-state index < -0.39 is 23.8 Å². The molecule has 7 nitrogen and oxygen atoms in total. The molecule has 1 aromatic carbocycles. The highest BCUT2D eigenvalue weighted by Gasteiger charge is 2.38. The maximum Gasteiger partial charge on any atom is 0.311 e. The number of likely N-dealkylation sites (N-methyl/N-ethyl adjacent to an activating group) is 1. The Hall–Kier alpha value is -2.41. The molecule has 2 unspecified atom stereocenters. The summed E-state index contributed by atoms with van der Waals surface area (Å²) in [5.74, 6) is -2.75. The standard InChI is InChI=1S/C14H16N2O5/c1-16(11-7-21-6-10(11)14(19)20)13(18)9-4-2-3-8(5-9)12(15)17/h2-5,10-11H,6-7H2,1H3,(H2,15,17)(H,19,20). The minimum Gasteiger partial charge on any atom is -0.481 e. The maximum atomic E-state index is 12.4. The normalized spacial score (nSPS) is 21.0. The van der Waals surface area contributed by atoms with Crippen LogP contribution in [0.5, 0.6) is 0 Å². The van der Waals surface area contributed by atoms with Gasteiger partial charge in [0, 0.05) is 18.2 Å². The van der Waals surface area contributed by atoms with E-state index in [0.29, 0.717) is 0 Å². The highest BCUT2D eigenvalue weighted by atomic mass is 16.5. The summed E-state index contributed by atoms with van der Waals surface area (Å²) in [6, 6.07) is 5.48. The number of nitrogens with two attached hydrogens (primary N) is 1. The minimum absolute atomic E-state index is 0.0823. The second kappa shape index (κ2) is 5.92. The van der Waals surface area contributed by atoms with Gasteiger partial charge in [0.1, 0.15) is 5.92 Å². The molecular formula is C14H16N2O5. The van der Waals surface area contributed by atoms with Crippen molar-refractivity contribution in [2.24, 2.45) is 11.7 Å². The molecule has 2 rings (SSSR count). The van der Waals surface area contributed by atoms with Crippen LogP contribution in [0.2, 0.25) is 0 Å². The smallest absolute Gasteiger partial charge is 0.311 e. The number of hydrogen-bond acceptors (Lipinski definition) is 4. The van der Waals surface area contributed by atoms with Crippen LogP contribution in [0.3, 0.4) is 0 Å². The summed E-state index contributed by atoms with van der Waals surface area (Å²) in [7, 11) is 1.52. The van der Waals surface area contributed by atoms with Crippen LogP contribution in [0.25, 0.3) is 0 Å². The third kappa shape index (κ3) is 3.03. The zero-order chi connectivity index (χ0) is 15.6. The number of ether oxygens (including phenoxy) is 1. The number of nitrogens with zero attached hydrogens (tertiary/aromatic N) is 1. The molecule has 1 aliphatic heterocycles. The van der Waals surface area contributed by atoms with Crippen molar-refractivity contribution in [3.05, 3.63) is 35.4 Å². The van der Waals surface area contributed by atoms with Crippen molar-refractivity contribution in [3.8, 4) is 0 Å². The summed E-state index contributed by atoms with van der Waals surface area (Å²) in [5, 5.41) is 9.12. The summed E-state index contributed by atoms with van der Waals surface area (Å²) >= 11 is 0. The van der Waals surface area contributed by atoms with Gasteiger partial charge in [-0.1, -0.05) is 6.07 Å². The summed E-state index contributed by atoms with van der Waals surface area (Å²) in [6.07, 6.45) is 0. The van der Waals surface area contributed by atoms with Gasteiger partial charge < -0.3 is 20.5 Å². The number of rotatable bonds is 4. The molecule has 1 fully saturated rings. The quantitative estimate of drug-likeness (QED) is 0.809. The van der Waals surface area contributed by atoms with Crippen molar-refractivity contribution in [1.29, 1.82) is 0 Å². The number of aliphatic carboxylic acids is 1. The molecule has 2 atom stereocenters. The Kier molecular flexibility index (Phi) is 4.23. The molecule has 21 heavy (non-hydrogen) atoms. The number of amides is 2. The fourth-order valence-corrected chi connectivity index (χ4v) is 2.32. The molecule has 1 saturated heterocycles. The summed E-state index contributed by atoms with van der Waals surface area (Å²) in [5.41, 5.74) is 5.69. The summed E-state index contributed by atoms with van der Waals surface area (Å²) in [6.45, 7) is 0.258. The number of carboxylic acid groups (broad SMARTS) is 1. The van der Waals surface area contributed by atoms with Crippen molar-refractivity contribution in [3.63, 3.8) is 0 Å². The Balaban J connectivity index is 2.21. The molecule has 1 aliphatic rings. The number of primary amides is 1. The fraction of sp³-hybridized carbons (Fsp3) is 0.357. The third-order valence-corrected chi connectivity index (χ3v) is 3.58. The highest BCUT2D eigenvalue weighted by Crippen LogP contribution is 2.21. The summed E-state index contributed by atoms with van der Waals surface area (Å²) in [4.78, 5) is 36.0. The van der Waals surface area contributed by atoms with Gasteiger partial charge in [-0.05, 0) is 18.2 Å². The number of carbonyl (C=O) groups excluding carboxylic acids is 2. The van der Waals surface area contributed by atoms with Crippen molar-refractivity contribution in [2.75, 3.05) is 20.3 Å². The highest BCUT2D eigenvalue weighted by molar-refractivity contribution is 5.99. The van der Waals surface area contributed by atoms with Crippen molar-refractivity contribution in [2.45, 2.75) is 6.04 Å². The molecule has 3 N–H and O–H groups in total. The lowest BCUT2D eigenvalue weighted by Crippen LogP contribution is -2.44.